The second-order valence-corrected chi connectivity index (χ2v) is 10.9. The minimum Gasteiger partial charge on any atom is -0.444 e. The summed E-state index contributed by atoms with van der Waals surface area (Å²) < 4.78 is 60.9. The number of aryl methyl sites for hydroxylation is 1. The fourth-order valence-corrected chi connectivity index (χ4v) is 4.40. The average Bonchev–Trinajstić information content (AvgIpc) is 3.42. The predicted octanol–water partition coefficient (Wildman–Crippen LogP) is 3.48. The molecule has 0 aliphatic heterocycles. The highest BCUT2D eigenvalue weighted by molar-refractivity contribution is 5.67. The zero-order valence-electron chi connectivity index (χ0n) is 22.3. The number of rotatable bonds is 8. The number of hydrogen-bond donors (Lipinski definition) is 4. The van der Waals surface area contributed by atoms with E-state index < -0.39 is 41.2 Å². The van der Waals surface area contributed by atoms with Gasteiger partial charge in [-0.05, 0) is 52.5 Å². The lowest BCUT2D eigenvalue weighted by molar-refractivity contribution is -0.141. The van der Waals surface area contributed by atoms with Gasteiger partial charge >= 0.3 is 12.3 Å². The molecule has 40 heavy (non-hydrogen) atoms. The van der Waals surface area contributed by atoms with Gasteiger partial charge in [0.2, 0.25) is 0 Å². The SMILES string of the molecule is Cc1cc(C(F)(F)F)nn1CC(O)Nc1cnc(-n2cnc(C3(O)CC(CNC(=O)OC(C)(C)C)C3)c2)c(F)c1. The number of aromatic nitrogens is 5. The minimum atomic E-state index is -4.61. The van der Waals surface area contributed by atoms with Crippen molar-refractivity contribution in [2.24, 2.45) is 5.92 Å². The number of carbonyl (C=O) groups is 1. The lowest BCUT2D eigenvalue weighted by Gasteiger charge is -2.42. The van der Waals surface area contributed by atoms with Crippen LogP contribution < -0.4 is 10.6 Å². The Labute approximate surface area is 227 Å². The second-order valence-electron chi connectivity index (χ2n) is 10.9. The number of alkyl carbamates (subject to hydrolysis) is 1. The largest absolute Gasteiger partial charge is 0.444 e. The normalized spacial score (nSPS) is 20.1. The zero-order chi connectivity index (χ0) is 29.5. The van der Waals surface area contributed by atoms with Crippen LogP contribution in [0, 0.1) is 18.7 Å². The Morgan fingerprint density at radius 1 is 1.25 bits per heavy atom. The molecule has 3 aromatic rings. The molecule has 1 saturated carbocycles. The second kappa shape index (κ2) is 10.7. The standard InChI is InChI=1S/C25H31F4N7O4/c1-14-5-18(25(27,28)29)34-36(14)12-20(37)33-16-6-17(26)21(30-10-16)35-11-19(32-13-35)24(39)7-15(8-24)9-31-22(38)40-23(2,3)4/h5-6,10-11,13,15,20,33,37,39H,7-9,12H2,1-4H3,(H,31,38). The molecule has 3 aromatic heterocycles. The number of hydrogen-bond acceptors (Lipinski definition) is 8. The van der Waals surface area contributed by atoms with E-state index in [0.29, 0.717) is 25.1 Å². The van der Waals surface area contributed by atoms with Gasteiger partial charge in [0.15, 0.2) is 17.3 Å². The molecule has 0 saturated heterocycles. The topological polar surface area (TPSA) is 139 Å². The number of anilines is 1. The summed E-state index contributed by atoms with van der Waals surface area (Å²) in [6, 6.07) is 1.93. The van der Waals surface area contributed by atoms with Gasteiger partial charge in [-0.2, -0.15) is 18.3 Å². The number of pyridine rings is 1. The van der Waals surface area contributed by atoms with Crippen LogP contribution in [0.1, 0.15) is 50.7 Å². The molecule has 11 nitrogen and oxygen atoms in total. The van der Waals surface area contributed by atoms with Crippen molar-refractivity contribution in [1.29, 1.82) is 0 Å². The van der Waals surface area contributed by atoms with Gasteiger partial charge in [0.25, 0.3) is 0 Å². The van der Waals surface area contributed by atoms with Gasteiger partial charge in [0.05, 0.1) is 24.1 Å². The average molecular weight is 570 g/mol. The van der Waals surface area contributed by atoms with Crippen molar-refractivity contribution in [3.63, 3.8) is 0 Å². The fourth-order valence-electron chi connectivity index (χ4n) is 4.40. The summed E-state index contributed by atoms with van der Waals surface area (Å²) in [5.41, 5.74) is -2.31. The van der Waals surface area contributed by atoms with Crippen molar-refractivity contribution in [3.05, 3.63) is 53.8 Å². The molecule has 4 rings (SSSR count). The summed E-state index contributed by atoms with van der Waals surface area (Å²) in [7, 11) is 0. The van der Waals surface area contributed by atoms with E-state index in [-0.39, 0.29) is 29.7 Å². The first-order valence-corrected chi connectivity index (χ1v) is 12.5. The third-order valence-electron chi connectivity index (χ3n) is 6.26. The van der Waals surface area contributed by atoms with Crippen molar-refractivity contribution in [2.75, 3.05) is 11.9 Å². The molecule has 3 heterocycles. The van der Waals surface area contributed by atoms with Crippen molar-refractivity contribution in [2.45, 2.75) is 70.7 Å². The first-order chi connectivity index (χ1) is 18.5. The van der Waals surface area contributed by atoms with Crippen LogP contribution in [-0.2, 0) is 23.1 Å². The quantitative estimate of drug-likeness (QED) is 0.239. The van der Waals surface area contributed by atoms with E-state index in [4.69, 9.17) is 4.74 Å². The third-order valence-corrected chi connectivity index (χ3v) is 6.26. The van der Waals surface area contributed by atoms with Gasteiger partial charge < -0.3 is 25.6 Å². The van der Waals surface area contributed by atoms with E-state index in [0.717, 1.165) is 16.8 Å². The Bertz CT molecular complexity index is 1360. The van der Waals surface area contributed by atoms with Crippen LogP contribution in [-0.4, -0.2) is 59.0 Å². The van der Waals surface area contributed by atoms with E-state index in [1.165, 1.54) is 30.2 Å². The number of amides is 1. The number of aliphatic hydroxyl groups is 2. The molecule has 1 aliphatic rings. The first-order valence-electron chi connectivity index (χ1n) is 12.5. The maximum absolute atomic E-state index is 14.9. The molecule has 1 aliphatic carbocycles. The number of aliphatic hydroxyl groups excluding tert-OH is 1. The Balaban J connectivity index is 1.33. The van der Waals surface area contributed by atoms with Crippen molar-refractivity contribution >= 4 is 11.8 Å². The summed E-state index contributed by atoms with van der Waals surface area (Å²) in [5.74, 6) is -0.863. The maximum atomic E-state index is 14.9. The molecule has 0 spiro atoms. The lowest BCUT2D eigenvalue weighted by atomic mass is 9.69. The monoisotopic (exact) mass is 569 g/mol. The number of ether oxygens (including phenoxy) is 1. The molecule has 1 amide bonds. The molecular weight excluding hydrogens is 538 g/mol. The highest BCUT2D eigenvalue weighted by Gasteiger charge is 2.45. The molecule has 1 fully saturated rings. The highest BCUT2D eigenvalue weighted by atomic mass is 19.4. The van der Waals surface area contributed by atoms with Crippen LogP contribution in [0.5, 0.6) is 0 Å². The first kappa shape index (κ1) is 29.3. The third kappa shape index (κ3) is 6.88. The Morgan fingerprint density at radius 3 is 2.55 bits per heavy atom. The maximum Gasteiger partial charge on any atom is 0.435 e. The predicted molar refractivity (Wildman–Crippen MR) is 134 cm³/mol. The van der Waals surface area contributed by atoms with E-state index >= 15 is 0 Å². The number of carbonyl (C=O) groups excluding carboxylic acids is 1. The van der Waals surface area contributed by atoms with E-state index in [1.807, 2.05) is 0 Å². The molecule has 4 N–H and O–H groups in total. The van der Waals surface area contributed by atoms with Gasteiger partial charge in [-0.15, -0.1) is 0 Å². The van der Waals surface area contributed by atoms with Gasteiger partial charge in [-0.3, -0.25) is 9.25 Å². The molecule has 1 unspecified atom stereocenters. The molecular formula is C25H31F4N7O4. The summed E-state index contributed by atoms with van der Waals surface area (Å²) in [5, 5.41) is 29.9. The number of nitrogens with one attached hydrogen (secondary N) is 2. The molecule has 1 atom stereocenters. The van der Waals surface area contributed by atoms with Crippen molar-refractivity contribution in [1.82, 2.24) is 29.6 Å². The van der Waals surface area contributed by atoms with Crippen LogP contribution in [0.4, 0.5) is 28.0 Å². The minimum absolute atomic E-state index is 0.0138. The van der Waals surface area contributed by atoms with Crippen LogP contribution in [0.25, 0.3) is 5.82 Å². The van der Waals surface area contributed by atoms with Gasteiger partial charge in [-0.25, -0.2) is 19.2 Å². The summed E-state index contributed by atoms with van der Waals surface area (Å²) >= 11 is 0. The molecule has 15 heteroatoms. The summed E-state index contributed by atoms with van der Waals surface area (Å²) in [6.07, 6.45) is -1.82. The van der Waals surface area contributed by atoms with Crippen LogP contribution in [0.2, 0.25) is 0 Å². The van der Waals surface area contributed by atoms with E-state index in [9.17, 15) is 32.6 Å². The molecule has 0 aromatic carbocycles. The Kier molecular flexibility index (Phi) is 7.82. The number of imidazole rings is 1. The van der Waals surface area contributed by atoms with Gasteiger partial charge in [-0.1, -0.05) is 0 Å². The highest BCUT2D eigenvalue weighted by Crippen LogP contribution is 2.44. The van der Waals surface area contributed by atoms with Gasteiger partial charge in [0.1, 0.15) is 23.8 Å². The Morgan fingerprint density at radius 2 is 1.95 bits per heavy atom. The lowest BCUT2D eigenvalue weighted by Crippen LogP contribution is -2.47. The van der Waals surface area contributed by atoms with Crippen LogP contribution >= 0.6 is 0 Å². The molecule has 0 bridgehead atoms. The number of alkyl halides is 3. The van der Waals surface area contributed by atoms with E-state index in [2.05, 4.69) is 25.7 Å². The summed E-state index contributed by atoms with van der Waals surface area (Å²) in [4.78, 5) is 20.1. The smallest absolute Gasteiger partial charge is 0.435 e. The van der Waals surface area contributed by atoms with Crippen LogP contribution in [0.15, 0.2) is 30.9 Å². The van der Waals surface area contributed by atoms with Gasteiger partial charge in [0, 0.05) is 24.5 Å². The number of halogens is 4. The summed E-state index contributed by atoms with van der Waals surface area (Å²) in [6.45, 7) is 6.72. The van der Waals surface area contributed by atoms with Crippen molar-refractivity contribution in [3.8, 4) is 5.82 Å². The molecule has 0 radical (unpaired) electrons. The molecule has 218 valence electrons. The van der Waals surface area contributed by atoms with Crippen LogP contribution in [0.3, 0.4) is 0 Å². The fraction of sp³-hybridized carbons (Fsp3) is 0.520. The van der Waals surface area contributed by atoms with E-state index in [1.54, 1.807) is 20.8 Å². The number of nitrogens with zero attached hydrogens (tertiary/aromatic N) is 5. The zero-order valence-corrected chi connectivity index (χ0v) is 22.3. The Hall–Kier alpha value is -3.72. The van der Waals surface area contributed by atoms with Crippen molar-refractivity contribution < 1.29 is 37.3 Å².